The molecule has 0 aromatic carbocycles. The lowest BCUT2D eigenvalue weighted by Crippen LogP contribution is -1.70. The van der Waals surface area contributed by atoms with Crippen LogP contribution in [0.15, 0.2) is 8.96 Å². The van der Waals surface area contributed by atoms with Gasteiger partial charge in [-0.1, -0.05) is 15.9 Å². The average Bonchev–Trinajstić information content (AvgIpc) is 1.65. The Morgan fingerprint density at radius 2 is 2.00 bits per heavy atom. The van der Waals surface area contributed by atoms with Gasteiger partial charge in [-0.3, -0.25) is 4.79 Å². The van der Waals surface area contributed by atoms with Crippen LogP contribution in [0.3, 0.4) is 0 Å². The zero-order valence-electron chi connectivity index (χ0n) is 3.74. The smallest absolute Gasteiger partial charge is 0.157 e. The predicted molar refractivity (Wildman–Crippen MR) is 36.6 cm³/mol. The van der Waals surface area contributed by atoms with E-state index in [-0.39, 0.29) is 0 Å². The maximum atomic E-state index is 9.81. The van der Waals surface area contributed by atoms with E-state index < -0.39 is 0 Å². The van der Waals surface area contributed by atoms with E-state index in [0.717, 1.165) is 10.8 Å². The van der Waals surface area contributed by atoms with Crippen molar-refractivity contribution >= 4 is 38.1 Å². The summed E-state index contributed by atoms with van der Waals surface area (Å²) in [7, 11) is 0. The molecule has 0 bridgehead atoms. The van der Waals surface area contributed by atoms with E-state index in [9.17, 15) is 4.79 Å². The Hall–Kier alpha value is 0.370. The van der Waals surface area contributed by atoms with Crippen LogP contribution >= 0.6 is 31.9 Å². The van der Waals surface area contributed by atoms with Gasteiger partial charge in [-0.15, -0.1) is 0 Å². The van der Waals surface area contributed by atoms with Crippen LogP contribution < -0.4 is 0 Å². The second-order valence-electron chi connectivity index (χ2n) is 0.999. The predicted octanol–water partition coefficient (Wildman–Crippen LogP) is 2.21. The number of allylic oxidation sites excluding steroid dienone is 2. The minimum atomic E-state index is 0.563. The van der Waals surface area contributed by atoms with Crippen molar-refractivity contribution in [3.05, 3.63) is 8.96 Å². The van der Waals surface area contributed by atoms with Gasteiger partial charge >= 0.3 is 0 Å². The van der Waals surface area contributed by atoms with Crippen LogP contribution in [0.1, 0.15) is 6.92 Å². The Morgan fingerprint density at radius 3 is 2.00 bits per heavy atom. The summed E-state index contributed by atoms with van der Waals surface area (Å²) in [6, 6.07) is 0. The molecule has 0 N–H and O–H groups in total. The van der Waals surface area contributed by atoms with Crippen molar-refractivity contribution in [1.82, 2.24) is 0 Å². The van der Waals surface area contributed by atoms with Crippen molar-refractivity contribution < 1.29 is 4.79 Å². The highest BCUT2D eigenvalue weighted by molar-refractivity contribution is 9.14. The molecule has 7 heavy (non-hydrogen) atoms. The number of carbonyl (C=O) groups is 1. The molecule has 0 aliphatic rings. The van der Waals surface area contributed by atoms with Gasteiger partial charge in [0.15, 0.2) is 6.29 Å². The molecule has 0 rings (SSSR count). The number of hydrogen-bond donors (Lipinski definition) is 0. The zero-order valence-corrected chi connectivity index (χ0v) is 6.91. The van der Waals surface area contributed by atoms with Crippen molar-refractivity contribution in [3.63, 3.8) is 0 Å². The average molecular weight is 228 g/mol. The molecule has 0 aliphatic carbocycles. The van der Waals surface area contributed by atoms with Crippen LogP contribution in [-0.4, -0.2) is 6.29 Å². The highest BCUT2D eigenvalue weighted by Gasteiger charge is 1.88. The third kappa shape index (κ3) is 3.00. The fourth-order valence-electron chi connectivity index (χ4n) is 0.0812. The van der Waals surface area contributed by atoms with E-state index >= 15 is 0 Å². The quantitative estimate of drug-likeness (QED) is 0.496. The Kier molecular flexibility index (Phi) is 3.56. The molecule has 0 fully saturated rings. The summed E-state index contributed by atoms with van der Waals surface area (Å²) in [6.45, 7) is 1.79. The lowest BCUT2D eigenvalue weighted by atomic mass is 10.6. The van der Waals surface area contributed by atoms with E-state index in [1.165, 1.54) is 0 Å². The Bertz CT molecular complexity index is 102. The number of carbonyl (C=O) groups excluding carboxylic acids is 1. The third-order valence-corrected chi connectivity index (χ3v) is 2.17. The molecule has 0 aromatic heterocycles. The summed E-state index contributed by atoms with van der Waals surface area (Å²) >= 11 is 6.11. The summed E-state index contributed by atoms with van der Waals surface area (Å²) < 4.78 is 1.38. The van der Waals surface area contributed by atoms with Gasteiger partial charge in [0.1, 0.15) is 0 Å². The van der Waals surface area contributed by atoms with Crippen LogP contribution in [0.2, 0.25) is 0 Å². The molecule has 0 spiro atoms. The van der Waals surface area contributed by atoms with Gasteiger partial charge in [-0.05, 0) is 22.9 Å². The standard InChI is InChI=1S/C4H4Br2O/c1-3(5)4(6)2-7/h2H,1H3/b4-3+. The Labute approximate surface area is 59.0 Å². The molecule has 0 saturated heterocycles. The molecule has 1 nitrogen and oxygen atoms in total. The van der Waals surface area contributed by atoms with Crippen molar-refractivity contribution in [1.29, 1.82) is 0 Å². The first-order valence-electron chi connectivity index (χ1n) is 1.65. The zero-order chi connectivity index (χ0) is 5.86. The molecule has 0 radical (unpaired) electrons. The first-order chi connectivity index (χ1) is 3.18. The topological polar surface area (TPSA) is 17.1 Å². The van der Waals surface area contributed by atoms with E-state index in [2.05, 4.69) is 31.9 Å². The summed E-state index contributed by atoms with van der Waals surface area (Å²) in [6.07, 6.45) is 0.740. The minimum Gasteiger partial charge on any atom is -0.297 e. The van der Waals surface area contributed by atoms with Gasteiger partial charge in [0.25, 0.3) is 0 Å². The molecule has 40 valence electrons. The van der Waals surface area contributed by atoms with Crippen LogP contribution in [0, 0.1) is 0 Å². The van der Waals surface area contributed by atoms with Gasteiger partial charge in [-0.25, -0.2) is 0 Å². The highest BCUT2D eigenvalue weighted by atomic mass is 79.9. The van der Waals surface area contributed by atoms with Gasteiger partial charge in [0, 0.05) is 4.48 Å². The van der Waals surface area contributed by atoms with E-state index in [1.54, 1.807) is 6.92 Å². The van der Waals surface area contributed by atoms with Gasteiger partial charge in [0.05, 0.1) is 4.48 Å². The highest BCUT2D eigenvalue weighted by Crippen LogP contribution is 2.13. The Balaban J connectivity index is 3.98. The molecule has 3 heteroatoms. The van der Waals surface area contributed by atoms with Crippen LogP contribution in [0.4, 0.5) is 0 Å². The normalized spacial score (nSPS) is 13.0. The van der Waals surface area contributed by atoms with Crippen molar-refractivity contribution in [2.24, 2.45) is 0 Å². The third-order valence-electron chi connectivity index (χ3n) is 0.433. The molecule has 0 aliphatic heterocycles. The molecule has 0 heterocycles. The van der Waals surface area contributed by atoms with E-state index in [4.69, 9.17) is 0 Å². The summed E-state index contributed by atoms with van der Waals surface area (Å²) in [5.74, 6) is 0. The first kappa shape index (κ1) is 7.37. The maximum Gasteiger partial charge on any atom is 0.157 e. The molecule has 0 aromatic rings. The SMILES string of the molecule is C/C(Br)=C(\Br)C=O. The molecule has 0 saturated carbocycles. The van der Waals surface area contributed by atoms with E-state index in [0.29, 0.717) is 4.48 Å². The molecular formula is C4H4Br2O. The van der Waals surface area contributed by atoms with Crippen molar-refractivity contribution in [3.8, 4) is 0 Å². The minimum absolute atomic E-state index is 0.563. The lowest BCUT2D eigenvalue weighted by molar-refractivity contribution is -0.104. The van der Waals surface area contributed by atoms with Crippen LogP contribution in [-0.2, 0) is 4.79 Å². The largest absolute Gasteiger partial charge is 0.297 e. The van der Waals surface area contributed by atoms with Gasteiger partial charge in [0.2, 0.25) is 0 Å². The van der Waals surface area contributed by atoms with Gasteiger partial charge in [-0.2, -0.15) is 0 Å². The fourth-order valence-corrected chi connectivity index (χ4v) is 0.175. The summed E-state index contributed by atoms with van der Waals surface area (Å²) in [5, 5.41) is 0. The summed E-state index contributed by atoms with van der Waals surface area (Å²) in [5.41, 5.74) is 0. The first-order valence-corrected chi connectivity index (χ1v) is 3.24. The van der Waals surface area contributed by atoms with Crippen LogP contribution in [0.5, 0.6) is 0 Å². The fraction of sp³-hybridized carbons (Fsp3) is 0.250. The number of hydrogen-bond acceptors (Lipinski definition) is 1. The Morgan fingerprint density at radius 1 is 1.57 bits per heavy atom. The molecule has 0 unspecified atom stereocenters. The molecule has 0 amide bonds. The number of halogens is 2. The number of rotatable bonds is 1. The monoisotopic (exact) mass is 226 g/mol. The van der Waals surface area contributed by atoms with E-state index in [1.807, 2.05) is 0 Å². The molecular weight excluding hydrogens is 224 g/mol. The van der Waals surface area contributed by atoms with Crippen LogP contribution in [0.25, 0.3) is 0 Å². The van der Waals surface area contributed by atoms with Crippen molar-refractivity contribution in [2.45, 2.75) is 6.92 Å². The second kappa shape index (κ2) is 3.38. The van der Waals surface area contributed by atoms with Crippen molar-refractivity contribution in [2.75, 3.05) is 0 Å². The summed E-state index contributed by atoms with van der Waals surface area (Å²) in [4.78, 5) is 9.81. The second-order valence-corrected chi connectivity index (χ2v) is 3.04. The lowest BCUT2D eigenvalue weighted by Gasteiger charge is -1.82. The van der Waals surface area contributed by atoms with Gasteiger partial charge < -0.3 is 0 Å². The number of aldehydes is 1. The maximum absolute atomic E-state index is 9.81. The molecule has 0 atom stereocenters.